The average molecular weight is 690 g/mol. The number of aromatic amines is 1. The molecule has 0 aliphatic rings. The predicted molar refractivity (Wildman–Crippen MR) is 205 cm³/mol. The third kappa shape index (κ3) is 5.40. The Morgan fingerprint density at radius 3 is 2.11 bits per heavy atom. The molecule has 8 aromatic heterocycles. The van der Waals surface area contributed by atoms with E-state index in [0.717, 1.165) is 77.5 Å². The number of pyridine rings is 4. The van der Waals surface area contributed by atoms with Crippen LogP contribution in [0.4, 0.5) is 23.0 Å². The molecule has 0 aliphatic carbocycles. The standard InChI is InChI=1S/C40H27N13/c1-23-28-11-17-53(35(28)5-4-31(23)47-40-30-22-43-15-10-33(30)48-37(50-40)24-6-12-41-13-7-24)36-18-25(8-16-44-36)38-49-32-9-14-42-21-29(32)39(51-38)46-27-3-2-26-20-45-52-34(26)19-27/h2-22H,1H3,(H,45,52)(H,46,49,51)(H,47,48,50). The van der Waals surface area contributed by atoms with Crippen molar-refractivity contribution in [1.82, 2.24) is 54.6 Å². The van der Waals surface area contributed by atoms with Crippen LogP contribution >= 0.6 is 0 Å². The molecular formula is C40H27N13. The number of fused-ring (bicyclic) bond motifs is 4. The van der Waals surface area contributed by atoms with E-state index in [4.69, 9.17) is 24.9 Å². The maximum absolute atomic E-state index is 4.98. The molecule has 0 bridgehead atoms. The molecule has 0 spiro atoms. The van der Waals surface area contributed by atoms with Crippen LogP contribution in [0.15, 0.2) is 129 Å². The molecule has 0 unspecified atom stereocenters. The molecule has 10 aromatic rings. The topological polar surface area (TPSA) is 161 Å². The van der Waals surface area contributed by atoms with Crippen LogP contribution in [0.5, 0.6) is 0 Å². The van der Waals surface area contributed by atoms with Gasteiger partial charge in [0, 0.05) is 82.8 Å². The van der Waals surface area contributed by atoms with E-state index in [-0.39, 0.29) is 0 Å². The number of aromatic nitrogens is 11. The Balaban J connectivity index is 1.00. The summed E-state index contributed by atoms with van der Waals surface area (Å²) in [5, 5.41) is 18.0. The zero-order chi connectivity index (χ0) is 35.3. The van der Waals surface area contributed by atoms with E-state index >= 15 is 0 Å². The van der Waals surface area contributed by atoms with Gasteiger partial charge in [-0.15, -0.1) is 0 Å². The Labute approximate surface area is 300 Å². The number of nitrogens with zero attached hydrogens (tertiary/aromatic N) is 10. The van der Waals surface area contributed by atoms with Gasteiger partial charge in [0.05, 0.1) is 39.0 Å². The van der Waals surface area contributed by atoms with Crippen LogP contribution in [0.2, 0.25) is 0 Å². The van der Waals surface area contributed by atoms with E-state index in [1.165, 1.54) is 0 Å². The third-order valence-electron chi connectivity index (χ3n) is 9.28. The maximum atomic E-state index is 4.98. The fraction of sp³-hybridized carbons (Fsp3) is 0.0250. The summed E-state index contributed by atoms with van der Waals surface area (Å²) in [6.07, 6.45) is 16.1. The normalized spacial score (nSPS) is 11.5. The highest BCUT2D eigenvalue weighted by atomic mass is 15.1. The lowest BCUT2D eigenvalue weighted by Crippen LogP contribution is -2.02. The van der Waals surface area contributed by atoms with E-state index in [9.17, 15) is 0 Å². The largest absolute Gasteiger partial charge is 0.339 e. The van der Waals surface area contributed by atoms with Crippen molar-refractivity contribution in [2.75, 3.05) is 10.6 Å². The van der Waals surface area contributed by atoms with Gasteiger partial charge < -0.3 is 15.2 Å². The predicted octanol–water partition coefficient (Wildman–Crippen LogP) is 8.10. The van der Waals surface area contributed by atoms with Crippen molar-refractivity contribution in [1.29, 1.82) is 0 Å². The molecule has 2 aromatic carbocycles. The summed E-state index contributed by atoms with van der Waals surface area (Å²) in [4.78, 5) is 37.2. The van der Waals surface area contributed by atoms with Crippen molar-refractivity contribution >= 4 is 66.6 Å². The fourth-order valence-electron chi connectivity index (χ4n) is 6.56. The van der Waals surface area contributed by atoms with Crippen molar-refractivity contribution in [2.24, 2.45) is 0 Å². The number of hydrogen-bond donors (Lipinski definition) is 3. The summed E-state index contributed by atoms with van der Waals surface area (Å²) in [6.45, 7) is 2.10. The van der Waals surface area contributed by atoms with Crippen molar-refractivity contribution in [3.63, 3.8) is 0 Å². The molecule has 0 saturated carbocycles. The van der Waals surface area contributed by atoms with Crippen LogP contribution in [0.25, 0.3) is 72.2 Å². The molecule has 53 heavy (non-hydrogen) atoms. The molecule has 8 heterocycles. The number of aryl methyl sites for hydroxylation is 1. The number of hydrogen-bond acceptors (Lipinski definition) is 11. The summed E-state index contributed by atoms with van der Waals surface area (Å²) in [5.41, 5.74) is 8.07. The second-order valence-electron chi connectivity index (χ2n) is 12.5. The van der Waals surface area contributed by atoms with E-state index in [2.05, 4.69) is 65.5 Å². The summed E-state index contributed by atoms with van der Waals surface area (Å²) in [6, 6.07) is 23.8. The van der Waals surface area contributed by atoms with Crippen LogP contribution in [-0.4, -0.2) is 54.6 Å². The average Bonchev–Trinajstić information content (AvgIpc) is 3.87. The van der Waals surface area contributed by atoms with Crippen LogP contribution < -0.4 is 10.6 Å². The molecule has 13 heteroatoms. The van der Waals surface area contributed by atoms with Crippen LogP contribution in [0.3, 0.4) is 0 Å². The SMILES string of the molecule is Cc1c(Nc2nc(-c3ccncc3)nc3ccncc23)ccc2c1ccn2-c1cc(-c2nc(Nc3ccc4cn[nH]c4c3)c3cnccc3n2)ccn1. The Morgan fingerprint density at radius 1 is 0.604 bits per heavy atom. The highest BCUT2D eigenvalue weighted by molar-refractivity contribution is 5.96. The minimum absolute atomic E-state index is 0.564. The molecule has 13 nitrogen and oxygen atoms in total. The Bertz CT molecular complexity index is 2990. The van der Waals surface area contributed by atoms with Crippen molar-refractivity contribution in [3.8, 4) is 28.6 Å². The summed E-state index contributed by atoms with van der Waals surface area (Å²) < 4.78 is 2.07. The number of nitrogens with one attached hydrogen (secondary N) is 3. The monoisotopic (exact) mass is 689 g/mol. The highest BCUT2D eigenvalue weighted by Crippen LogP contribution is 2.34. The van der Waals surface area contributed by atoms with Gasteiger partial charge in [0.2, 0.25) is 0 Å². The van der Waals surface area contributed by atoms with Gasteiger partial charge in [-0.25, -0.2) is 24.9 Å². The number of anilines is 4. The molecule has 252 valence electrons. The molecule has 3 N–H and O–H groups in total. The molecule has 0 radical (unpaired) electrons. The van der Waals surface area contributed by atoms with Crippen molar-refractivity contribution in [3.05, 3.63) is 134 Å². The van der Waals surface area contributed by atoms with Gasteiger partial charge in [0.25, 0.3) is 0 Å². The van der Waals surface area contributed by atoms with E-state index < -0.39 is 0 Å². The molecule has 10 rings (SSSR count). The first-order valence-corrected chi connectivity index (χ1v) is 16.8. The number of rotatable bonds is 7. The zero-order valence-corrected chi connectivity index (χ0v) is 28.1. The Kier molecular flexibility index (Phi) is 6.99. The molecular weight excluding hydrogens is 663 g/mol. The van der Waals surface area contributed by atoms with Crippen molar-refractivity contribution in [2.45, 2.75) is 6.92 Å². The van der Waals surface area contributed by atoms with Gasteiger partial charge in [-0.1, -0.05) is 0 Å². The first-order valence-electron chi connectivity index (χ1n) is 16.8. The second kappa shape index (κ2) is 12.3. The van der Waals surface area contributed by atoms with Gasteiger partial charge in [0.15, 0.2) is 11.6 Å². The first kappa shape index (κ1) is 30.2. The molecule has 0 amide bonds. The van der Waals surface area contributed by atoms with Gasteiger partial charge >= 0.3 is 0 Å². The highest BCUT2D eigenvalue weighted by Gasteiger charge is 2.16. The summed E-state index contributed by atoms with van der Waals surface area (Å²) >= 11 is 0. The van der Waals surface area contributed by atoms with Crippen LogP contribution in [0.1, 0.15) is 5.56 Å². The lowest BCUT2D eigenvalue weighted by atomic mass is 10.1. The Morgan fingerprint density at radius 2 is 1.32 bits per heavy atom. The fourth-order valence-corrected chi connectivity index (χ4v) is 6.56. The first-order chi connectivity index (χ1) is 26.1. The maximum Gasteiger partial charge on any atom is 0.162 e. The van der Waals surface area contributed by atoms with E-state index in [1.807, 2.05) is 60.8 Å². The lowest BCUT2D eigenvalue weighted by Gasteiger charge is -2.14. The molecule has 0 fully saturated rings. The molecule has 0 atom stereocenters. The van der Waals surface area contributed by atoms with Gasteiger partial charge in [-0.3, -0.25) is 20.1 Å². The van der Waals surface area contributed by atoms with Crippen LogP contribution in [-0.2, 0) is 0 Å². The van der Waals surface area contributed by atoms with E-state index in [0.29, 0.717) is 23.3 Å². The molecule has 0 saturated heterocycles. The number of H-pyrrole nitrogens is 1. The van der Waals surface area contributed by atoms with E-state index in [1.54, 1.807) is 49.6 Å². The minimum atomic E-state index is 0.564. The zero-order valence-electron chi connectivity index (χ0n) is 28.1. The summed E-state index contributed by atoms with van der Waals surface area (Å²) in [5.74, 6) is 3.24. The van der Waals surface area contributed by atoms with Gasteiger partial charge in [-0.05, 0) is 85.3 Å². The number of benzene rings is 2. The quantitative estimate of drug-likeness (QED) is 0.148. The second-order valence-corrected chi connectivity index (χ2v) is 12.5. The molecule has 0 aliphatic heterocycles. The van der Waals surface area contributed by atoms with Crippen LogP contribution in [0, 0.1) is 6.92 Å². The Hall–Kier alpha value is -7.67. The minimum Gasteiger partial charge on any atom is -0.339 e. The summed E-state index contributed by atoms with van der Waals surface area (Å²) in [7, 11) is 0. The van der Waals surface area contributed by atoms with Crippen molar-refractivity contribution < 1.29 is 0 Å². The lowest BCUT2D eigenvalue weighted by molar-refractivity contribution is 1.04. The van der Waals surface area contributed by atoms with Gasteiger partial charge in [-0.2, -0.15) is 5.10 Å². The smallest absolute Gasteiger partial charge is 0.162 e. The third-order valence-corrected chi connectivity index (χ3v) is 9.28. The van der Waals surface area contributed by atoms with Gasteiger partial charge in [0.1, 0.15) is 17.5 Å².